The molecule has 0 radical (unpaired) electrons. The molecule has 13 heavy (non-hydrogen) atoms. The van der Waals surface area contributed by atoms with Crippen LogP contribution in [0.5, 0.6) is 0 Å². The third-order valence-corrected chi connectivity index (χ3v) is 1.69. The van der Waals surface area contributed by atoms with Crippen LogP contribution in [0, 0.1) is 0 Å². The molecule has 0 unspecified atom stereocenters. The number of hydrogen-bond donors (Lipinski definition) is 2. The molecule has 0 saturated carbocycles. The monoisotopic (exact) mass is 181 g/mol. The van der Waals surface area contributed by atoms with Gasteiger partial charge in [-0.2, -0.15) is 0 Å². The first-order chi connectivity index (χ1) is 6.13. The van der Waals surface area contributed by atoms with Gasteiger partial charge in [-0.15, -0.1) is 0 Å². The van der Waals surface area contributed by atoms with Crippen LogP contribution in [-0.2, 0) is 0 Å². The van der Waals surface area contributed by atoms with E-state index in [1.165, 1.54) is 7.05 Å². The first-order valence-corrected chi connectivity index (χ1v) is 3.81. The van der Waals surface area contributed by atoms with Gasteiger partial charge >= 0.3 is 0 Å². The highest BCUT2D eigenvalue weighted by atomic mass is 16.5. The Hall–Kier alpha value is -1.39. The maximum Gasteiger partial charge on any atom is 0.257 e. The van der Waals surface area contributed by atoms with Crippen LogP contribution >= 0.6 is 0 Å². The molecule has 1 amide bonds. The fourth-order valence-corrected chi connectivity index (χ4v) is 0.889. The molecule has 0 saturated heterocycles. The molecule has 4 heteroatoms. The zero-order valence-electron chi connectivity index (χ0n) is 7.21. The second-order valence-corrected chi connectivity index (χ2v) is 2.63. The fraction of sp³-hybridized carbons (Fsp3) is 0.222. The number of aliphatic hydroxyl groups is 2. The number of benzene rings is 1. The minimum absolute atomic E-state index is 0.421. The largest absolute Gasteiger partial charge is 0.351 e. The van der Waals surface area contributed by atoms with Crippen LogP contribution < -0.4 is 0 Å². The summed E-state index contributed by atoms with van der Waals surface area (Å²) in [5, 5.41) is 17.4. The molecule has 0 atom stereocenters. The Kier molecular flexibility index (Phi) is 3.00. The molecule has 0 aliphatic rings. The molecule has 0 bridgehead atoms. The lowest BCUT2D eigenvalue weighted by Crippen LogP contribution is -2.36. The van der Waals surface area contributed by atoms with E-state index in [0.29, 0.717) is 5.56 Å². The van der Waals surface area contributed by atoms with Crippen molar-refractivity contribution in [2.45, 2.75) is 6.41 Å². The van der Waals surface area contributed by atoms with Crippen LogP contribution in [0.3, 0.4) is 0 Å². The van der Waals surface area contributed by atoms with E-state index in [0.717, 1.165) is 4.90 Å². The smallest absolute Gasteiger partial charge is 0.257 e. The van der Waals surface area contributed by atoms with Crippen molar-refractivity contribution in [1.82, 2.24) is 4.90 Å². The Morgan fingerprint density at radius 2 is 1.85 bits per heavy atom. The predicted molar refractivity (Wildman–Crippen MR) is 46.8 cm³/mol. The number of nitrogens with zero attached hydrogens (tertiary/aromatic N) is 1. The summed E-state index contributed by atoms with van der Waals surface area (Å²) in [5.74, 6) is -0.421. The van der Waals surface area contributed by atoms with E-state index in [2.05, 4.69) is 0 Å². The lowest BCUT2D eigenvalue weighted by molar-refractivity contribution is -0.126. The average Bonchev–Trinajstić information content (AvgIpc) is 2.17. The summed E-state index contributed by atoms with van der Waals surface area (Å²) < 4.78 is 0. The molecule has 0 aliphatic heterocycles. The van der Waals surface area contributed by atoms with Crippen molar-refractivity contribution >= 4 is 5.91 Å². The van der Waals surface area contributed by atoms with Gasteiger partial charge in [0.15, 0.2) is 0 Å². The van der Waals surface area contributed by atoms with Gasteiger partial charge in [0, 0.05) is 12.6 Å². The van der Waals surface area contributed by atoms with Crippen LogP contribution in [0.2, 0.25) is 0 Å². The van der Waals surface area contributed by atoms with Gasteiger partial charge in [0.2, 0.25) is 6.41 Å². The molecule has 4 nitrogen and oxygen atoms in total. The van der Waals surface area contributed by atoms with E-state index in [-0.39, 0.29) is 0 Å². The van der Waals surface area contributed by atoms with E-state index in [4.69, 9.17) is 10.2 Å². The average molecular weight is 181 g/mol. The number of aliphatic hydroxyl groups excluding tert-OH is 1. The second kappa shape index (κ2) is 4.02. The maximum absolute atomic E-state index is 11.4. The highest BCUT2D eigenvalue weighted by Crippen LogP contribution is 2.03. The summed E-state index contributed by atoms with van der Waals surface area (Å²) in [7, 11) is 1.32. The molecule has 1 aromatic rings. The number of rotatable bonds is 2. The molecule has 0 fully saturated rings. The van der Waals surface area contributed by atoms with Gasteiger partial charge in [-0.1, -0.05) is 18.2 Å². The summed E-state index contributed by atoms with van der Waals surface area (Å²) in [6.45, 7) is 0. The SMILES string of the molecule is CN(C(=O)c1ccccc1)C(O)O. The lowest BCUT2D eigenvalue weighted by atomic mass is 10.2. The maximum atomic E-state index is 11.4. The van der Waals surface area contributed by atoms with Gasteiger partial charge in [-0.05, 0) is 12.1 Å². The Labute approximate surface area is 76.0 Å². The highest BCUT2D eigenvalue weighted by molar-refractivity contribution is 5.93. The van der Waals surface area contributed by atoms with Crippen LogP contribution in [0.25, 0.3) is 0 Å². The van der Waals surface area contributed by atoms with Gasteiger partial charge in [-0.25, -0.2) is 0 Å². The third kappa shape index (κ3) is 2.27. The molecule has 1 aromatic carbocycles. The quantitative estimate of drug-likeness (QED) is 0.632. The molecule has 0 aromatic heterocycles. The first kappa shape index (κ1) is 9.70. The number of amides is 1. The molecule has 70 valence electrons. The minimum Gasteiger partial charge on any atom is -0.351 e. The predicted octanol–water partition coefficient (Wildman–Crippen LogP) is 0.0268. The minimum atomic E-state index is -1.76. The van der Waals surface area contributed by atoms with E-state index in [9.17, 15) is 4.79 Å². The molecule has 1 rings (SSSR count). The van der Waals surface area contributed by atoms with E-state index < -0.39 is 12.3 Å². The highest BCUT2D eigenvalue weighted by Gasteiger charge is 2.15. The van der Waals surface area contributed by atoms with E-state index in [1.54, 1.807) is 30.3 Å². The zero-order chi connectivity index (χ0) is 9.84. The number of carbonyl (C=O) groups excluding carboxylic acids is 1. The summed E-state index contributed by atoms with van der Waals surface area (Å²) in [6.07, 6.45) is -1.76. The molecular formula is C9H11NO3. The number of carbonyl (C=O) groups is 1. The Morgan fingerprint density at radius 3 is 2.31 bits per heavy atom. The number of hydrogen-bond acceptors (Lipinski definition) is 3. The van der Waals surface area contributed by atoms with Crippen molar-refractivity contribution in [2.75, 3.05) is 7.05 Å². The second-order valence-electron chi connectivity index (χ2n) is 2.63. The van der Waals surface area contributed by atoms with Crippen LogP contribution in [-0.4, -0.2) is 34.5 Å². The molecule has 0 aliphatic carbocycles. The van der Waals surface area contributed by atoms with Gasteiger partial charge < -0.3 is 10.2 Å². The van der Waals surface area contributed by atoms with Gasteiger partial charge in [0.25, 0.3) is 5.91 Å². The summed E-state index contributed by atoms with van der Waals surface area (Å²) in [6, 6.07) is 8.43. The summed E-state index contributed by atoms with van der Waals surface area (Å²) >= 11 is 0. The first-order valence-electron chi connectivity index (χ1n) is 3.81. The molecular weight excluding hydrogens is 170 g/mol. The topological polar surface area (TPSA) is 60.8 Å². The van der Waals surface area contributed by atoms with Crippen LogP contribution in [0.4, 0.5) is 0 Å². The van der Waals surface area contributed by atoms with Crippen molar-refractivity contribution in [3.63, 3.8) is 0 Å². The van der Waals surface area contributed by atoms with E-state index in [1.807, 2.05) is 0 Å². The summed E-state index contributed by atoms with van der Waals surface area (Å²) in [5.41, 5.74) is 0.429. The Bertz CT molecular complexity index is 284. The third-order valence-electron chi connectivity index (χ3n) is 1.69. The van der Waals surface area contributed by atoms with Gasteiger partial charge in [-0.3, -0.25) is 9.69 Å². The standard InChI is InChI=1S/C9H11NO3/c1-10(9(12)13)8(11)7-5-3-2-4-6-7/h2-6,9,12-13H,1H3. The molecule has 0 heterocycles. The van der Waals surface area contributed by atoms with Crippen molar-refractivity contribution < 1.29 is 15.0 Å². The summed E-state index contributed by atoms with van der Waals surface area (Å²) in [4.78, 5) is 12.2. The lowest BCUT2D eigenvalue weighted by Gasteiger charge is -2.18. The Balaban J connectivity index is 2.80. The molecule has 0 spiro atoms. The molecule has 2 N–H and O–H groups in total. The van der Waals surface area contributed by atoms with Gasteiger partial charge in [0.1, 0.15) is 0 Å². The zero-order valence-corrected chi connectivity index (χ0v) is 7.21. The van der Waals surface area contributed by atoms with Crippen molar-refractivity contribution in [3.05, 3.63) is 35.9 Å². The van der Waals surface area contributed by atoms with Gasteiger partial charge in [0.05, 0.1) is 0 Å². The Morgan fingerprint density at radius 1 is 1.31 bits per heavy atom. The van der Waals surface area contributed by atoms with Crippen molar-refractivity contribution in [1.29, 1.82) is 0 Å². The van der Waals surface area contributed by atoms with Crippen LogP contribution in [0.1, 0.15) is 10.4 Å². The van der Waals surface area contributed by atoms with E-state index >= 15 is 0 Å². The van der Waals surface area contributed by atoms with Crippen molar-refractivity contribution in [3.8, 4) is 0 Å². The van der Waals surface area contributed by atoms with Crippen molar-refractivity contribution in [2.24, 2.45) is 0 Å². The normalized spacial score (nSPS) is 10.2. The fourth-order valence-electron chi connectivity index (χ4n) is 0.889. The van der Waals surface area contributed by atoms with Crippen LogP contribution in [0.15, 0.2) is 30.3 Å².